The molecule has 3 rings (SSSR count). The molecule has 188 valence electrons. The van der Waals surface area contributed by atoms with E-state index in [1.54, 1.807) is 13.8 Å². The van der Waals surface area contributed by atoms with Crippen LogP contribution in [0.25, 0.3) is 11.1 Å². The van der Waals surface area contributed by atoms with Crippen molar-refractivity contribution in [1.82, 2.24) is 15.1 Å². The highest BCUT2D eigenvalue weighted by atomic mass is 79.9. The fraction of sp³-hybridized carbons (Fsp3) is 0.348. The van der Waals surface area contributed by atoms with Crippen molar-refractivity contribution in [2.75, 3.05) is 18.5 Å². The maximum atomic E-state index is 13.0. The van der Waals surface area contributed by atoms with Crippen molar-refractivity contribution < 1.29 is 22.7 Å². The van der Waals surface area contributed by atoms with Crippen LogP contribution >= 0.6 is 39.5 Å². The lowest BCUT2D eigenvalue weighted by Crippen LogP contribution is -2.30. The molecule has 1 aromatic carbocycles. The molecule has 0 unspecified atom stereocenters. The molecular formula is C23H24BrF3N4O2S2. The Labute approximate surface area is 219 Å². The van der Waals surface area contributed by atoms with Gasteiger partial charge in [-0.2, -0.15) is 18.3 Å². The van der Waals surface area contributed by atoms with Gasteiger partial charge < -0.3 is 15.4 Å². The average molecular weight is 590 g/mol. The van der Waals surface area contributed by atoms with Gasteiger partial charge in [0.05, 0.1) is 16.8 Å². The van der Waals surface area contributed by atoms with Gasteiger partial charge in [0.15, 0.2) is 10.8 Å². The van der Waals surface area contributed by atoms with Gasteiger partial charge in [0, 0.05) is 23.5 Å². The molecule has 0 aliphatic carbocycles. The van der Waals surface area contributed by atoms with Crippen LogP contribution in [-0.2, 0) is 17.5 Å². The molecule has 0 aliphatic rings. The number of hydrogen-bond donors (Lipinski definition) is 2. The molecule has 0 saturated heterocycles. The van der Waals surface area contributed by atoms with Crippen LogP contribution in [0.1, 0.15) is 40.0 Å². The summed E-state index contributed by atoms with van der Waals surface area (Å²) >= 11 is 9.77. The van der Waals surface area contributed by atoms with Gasteiger partial charge in [-0.1, -0.05) is 30.3 Å². The van der Waals surface area contributed by atoms with Crippen molar-refractivity contribution in [3.8, 4) is 11.1 Å². The first-order valence-corrected chi connectivity index (χ1v) is 12.8. The Morgan fingerprint density at radius 1 is 1.26 bits per heavy atom. The second-order valence-corrected chi connectivity index (χ2v) is 9.95. The lowest BCUT2D eigenvalue weighted by atomic mass is 10.0. The topological polar surface area (TPSA) is 68.2 Å². The molecule has 0 saturated carbocycles. The number of rotatable bonds is 8. The third-order valence-corrected chi connectivity index (χ3v) is 7.30. The van der Waals surface area contributed by atoms with Crippen molar-refractivity contribution in [1.29, 1.82) is 0 Å². The van der Waals surface area contributed by atoms with Gasteiger partial charge in [-0.15, -0.1) is 11.3 Å². The van der Waals surface area contributed by atoms with Gasteiger partial charge in [-0.25, -0.2) is 4.79 Å². The highest BCUT2D eigenvalue weighted by Gasteiger charge is 2.37. The van der Waals surface area contributed by atoms with Crippen LogP contribution < -0.4 is 10.6 Å². The summed E-state index contributed by atoms with van der Waals surface area (Å²) < 4.78 is 45.7. The van der Waals surface area contributed by atoms with E-state index in [2.05, 4.69) is 31.7 Å². The number of aromatic nitrogens is 2. The largest absolute Gasteiger partial charge is 0.462 e. The lowest BCUT2D eigenvalue weighted by molar-refractivity contribution is -0.142. The fourth-order valence-corrected chi connectivity index (χ4v) is 5.33. The minimum Gasteiger partial charge on any atom is -0.462 e. The molecule has 2 heterocycles. The molecule has 0 bridgehead atoms. The van der Waals surface area contributed by atoms with Gasteiger partial charge in [0.25, 0.3) is 0 Å². The standard InChI is InChI=1S/C23H24BrF3N4O2S2/c1-4-33-21(32)17-16(15-9-6-5-7-10-15)14(3)35-20(17)29-22(34)28-11-8-12-31-13(2)18(24)19(30-31)23(25,26)27/h5-7,9-10H,4,8,11-12H2,1-3H3,(H2,28,29,34). The Bertz CT molecular complexity index is 1210. The molecule has 0 atom stereocenters. The highest BCUT2D eigenvalue weighted by Crippen LogP contribution is 2.40. The second kappa shape index (κ2) is 11.5. The zero-order valence-electron chi connectivity index (χ0n) is 19.3. The first-order valence-electron chi connectivity index (χ1n) is 10.8. The first kappa shape index (κ1) is 27.2. The molecule has 0 radical (unpaired) electrons. The van der Waals surface area contributed by atoms with Crippen molar-refractivity contribution in [3.63, 3.8) is 0 Å². The zero-order valence-corrected chi connectivity index (χ0v) is 22.5. The maximum Gasteiger partial charge on any atom is 0.436 e. The van der Waals surface area contributed by atoms with Crippen LogP contribution in [0.15, 0.2) is 34.8 Å². The number of alkyl halides is 3. The number of esters is 1. The van der Waals surface area contributed by atoms with E-state index in [1.165, 1.54) is 16.0 Å². The second-order valence-electron chi connectivity index (χ2n) is 7.53. The quantitative estimate of drug-likeness (QED) is 0.176. The van der Waals surface area contributed by atoms with Crippen molar-refractivity contribution >= 4 is 55.6 Å². The van der Waals surface area contributed by atoms with E-state index >= 15 is 0 Å². The monoisotopic (exact) mass is 588 g/mol. The molecule has 2 aromatic heterocycles. The summed E-state index contributed by atoms with van der Waals surface area (Å²) in [6.45, 7) is 6.16. The number of anilines is 1. The maximum absolute atomic E-state index is 13.0. The molecule has 0 aliphatic heterocycles. The zero-order chi connectivity index (χ0) is 25.8. The van der Waals surface area contributed by atoms with Gasteiger partial charge in [-0.3, -0.25) is 4.68 Å². The third-order valence-electron chi connectivity index (χ3n) is 5.09. The summed E-state index contributed by atoms with van der Waals surface area (Å²) in [7, 11) is 0. The third kappa shape index (κ3) is 6.42. The summed E-state index contributed by atoms with van der Waals surface area (Å²) in [6, 6.07) is 9.56. The van der Waals surface area contributed by atoms with Gasteiger partial charge >= 0.3 is 12.1 Å². The average Bonchev–Trinajstić information content (AvgIpc) is 3.28. The number of halogens is 4. The van der Waals surface area contributed by atoms with E-state index in [0.717, 1.165) is 16.0 Å². The number of carbonyl (C=O) groups is 1. The van der Waals surface area contributed by atoms with Crippen LogP contribution in [0.4, 0.5) is 18.2 Å². The molecule has 3 aromatic rings. The Hall–Kier alpha value is -2.44. The van der Waals surface area contributed by atoms with Crippen molar-refractivity contribution in [2.24, 2.45) is 0 Å². The Morgan fingerprint density at radius 2 is 1.94 bits per heavy atom. The van der Waals surface area contributed by atoms with E-state index in [4.69, 9.17) is 17.0 Å². The van der Waals surface area contributed by atoms with Crippen LogP contribution in [-0.4, -0.2) is 34.0 Å². The van der Waals surface area contributed by atoms with Crippen LogP contribution in [0.3, 0.4) is 0 Å². The summed E-state index contributed by atoms with van der Waals surface area (Å²) in [5.74, 6) is -0.443. The predicted octanol–water partition coefficient (Wildman–Crippen LogP) is 6.56. The first-order chi connectivity index (χ1) is 16.5. The van der Waals surface area contributed by atoms with Crippen molar-refractivity contribution in [3.05, 3.63) is 56.6 Å². The van der Waals surface area contributed by atoms with Gasteiger partial charge in [0.1, 0.15) is 10.6 Å². The molecule has 0 amide bonds. The fourth-order valence-electron chi connectivity index (χ4n) is 3.48. The molecular weight excluding hydrogens is 565 g/mol. The summed E-state index contributed by atoms with van der Waals surface area (Å²) in [4.78, 5) is 13.7. The van der Waals surface area contributed by atoms with Crippen molar-refractivity contribution in [2.45, 2.75) is 39.9 Å². The van der Waals surface area contributed by atoms with Crippen LogP contribution in [0, 0.1) is 13.8 Å². The smallest absolute Gasteiger partial charge is 0.436 e. The number of benzene rings is 1. The Balaban J connectivity index is 1.67. The van der Waals surface area contributed by atoms with E-state index in [0.29, 0.717) is 34.3 Å². The molecule has 2 N–H and O–H groups in total. The van der Waals surface area contributed by atoms with Crippen LogP contribution in [0.2, 0.25) is 0 Å². The van der Waals surface area contributed by atoms with Gasteiger partial charge in [0.2, 0.25) is 0 Å². The number of ether oxygens (including phenoxy) is 1. The molecule has 0 spiro atoms. The molecule has 6 nitrogen and oxygen atoms in total. The molecule has 35 heavy (non-hydrogen) atoms. The van der Waals surface area contributed by atoms with E-state index < -0.39 is 17.8 Å². The number of aryl methyl sites for hydroxylation is 2. The number of nitrogens with one attached hydrogen (secondary N) is 2. The minimum absolute atomic E-state index is 0.0519. The summed E-state index contributed by atoms with van der Waals surface area (Å²) in [5.41, 5.74) is 1.57. The number of thiophene rings is 1. The Kier molecular flexibility index (Phi) is 8.94. The van der Waals surface area contributed by atoms with Gasteiger partial charge in [-0.05, 0) is 60.9 Å². The lowest BCUT2D eigenvalue weighted by Gasteiger charge is -2.12. The minimum atomic E-state index is -4.52. The number of hydrogen-bond acceptors (Lipinski definition) is 5. The van der Waals surface area contributed by atoms with E-state index in [9.17, 15) is 18.0 Å². The van der Waals surface area contributed by atoms with Crippen LogP contribution in [0.5, 0.6) is 0 Å². The number of nitrogens with zero attached hydrogens (tertiary/aromatic N) is 2. The molecule has 12 heteroatoms. The summed E-state index contributed by atoms with van der Waals surface area (Å²) in [5, 5.41) is 10.7. The predicted molar refractivity (Wildman–Crippen MR) is 139 cm³/mol. The van der Waals surface area contributed by atoms with E-state index in [-0.39, 0.29) is 17.6 Å². The normalized spacial score (nSPS) is 11.4. The SMILES string of the molecule is CCOC(=O)c1c(NC(=S)NCCCn2nc(C(F)(F)F)c(Br)c2C)sc(C)c1-c1ccccc1. The highest BCUT2D eigenvalue weighted by molar-refractivity contribution is 9.10. The number of carbonyl (C=O) groups excluding carboxylic acids is 1. The van der Waals surface area contributed by atoms with E-state index in [1.807, 2.05) is 37.3 Å². The Morgan fingerprint density at radius 3 is 2.54 bits per heavy atom. The summed E-state index contributed by atoms with van der Waals surface area (Å²) in [6.07, 6.45) is -4.04. The molecule has 0 fully saturated rings. The number of thiocarbonyl (C=S) groups is 1.